The minimum absolute atomic E-state index is 0.301. The third-order valence-corrected chi connectivity index (χ3v) is 3.38. The van der Waals surface area contributed by atoms with Crippen molar-refractivity contribution in [2.45, 2.75) is 46.5 Å². The number of carbonyl (C=O) groups is 2. The van der Waals surface area contributed by atoms with Gasteiger partial charge in [0.05, 0.1) is 0 Å². The van der Waals surface area contributed by atoms with Crippen LogP contribution in [0.2, 0.25) is 0 Å². The van der Waals surface area contributed by atoms with E-state index >= 15 is 0 Å². The molecule has 21 heavy (non-hydrogen) atoms. The van der Waals surface area contributed by atoms with Crippen molar-refractivity contribution in [3.8, 4) is 0 Å². The van der Waals surface area contributed by atoms with Crippen LogP contribution >= 0.6 is 0 Å². The second-order valence-corrected chi connectivity index (χ2v) is 5.55. The highest BCUT2D eigenvalue weighted by atomic mass is 16.1. The minimum Gasteiger partial charge on any atom is -0.299 e. The molecule has 0 heterocycles. The standard InChI is InChI=1S/C10H16O.C9H8O/c1-9(2)5-4-6-10(3)7-8-11;10-9-6-5-7-3-1-2-4-8(7)9/h5,7-8H,4,6H2,1-3H3;1-4H,5-6H2. The van der Waals surface area contributed by atoms with E-state index < -0.39 is 0 Å². The Morgan fingerprint density at radius 3 is 2.48 bits per heavy atom. The van der Waals surface area contributed by atoms with E-state index in [1.54, 1.807) is 6.08 Å². The molecule has 2 rings (SSSR count). The van der Waals surface area contributed by atoms with Crippen LogP contribution in [0.1, 0.15) is 56.0 Å². The van der Waals surface area contributed by atoms with Crippen LogP contribution in [0, 0.1) is 0 Å². The molecule has 1 aliphatic rings. The first-order valence-corrected chi connectivity index (χ1v) is 7.40. The molecule has 112 valence electrons. The number of aldehydes is 1. The molecule has 0 unspecified atom stereocenters. The van der Waals surface area contributed by atoms with E-state index in [9.17, 15) is 9.59 Å². The average molecular weight is 284 g/mol. The number of fused-ring (bicyclic) bond motifs is 1. The van der Waals surface area contributed by atoms with Gasteiger partial charge in [-0.1, -0.05) is 41.5 Å². The Kier molecular flexibility index (Phi) is 7.38. The quantitative estimate of drug-likeness (QED) is 0.456. The van der Waals surface area contributed by atoms with E-state index in [1.807, 2.05) is 31.2 Å². The van der Waals surface area contributed by atoms with Crippen molar-refractivity contribution >= 4 is 12.1 Å². The van der Waals surface area contributed by atoms with Crippen molar-refractivity contribution < 1.29 is 9.59 Å². The molecule has 0 radical (unpaired) electrons. The summed E-state index contributed by atoms with van der Waals surface area (Å²) in [6.07, 6.45) is 8.33. The first-order chi connectivity index (χ1) is 10.0. The molecule has 0 aromatic heterocycles. The number of allylic oxidation sites excluding steroid dienone is 4. The summed E-state index contributed by atoms with van der Waals surface area (Å²) < 4.78 is 0. The summed E-state index contributed by atoms with van der Waals surface area (Å²) in [4.78, 5) is 21.1. The van der Waals surface area contributed by atoms with Crippen LogP contribution in [0.3, 0.4) is 0 Å². The minimum atomic E-state index is 0.301. The monoisotopic (exact) mass is 284 g/mol. The Labute approximate surface area is 127 Å². The van der Waals surface area contributed by atoms with Gasteiger partial charge in [0.25, 0.3) is 0 Å². The van der Waals surface area contributed by atoms with E-state index in [4.69, 9.17) is 0 Å². The van der Waals surface area contributed by atoms with Gasteiger partial charge in [-0.25, -0.2) is 0 Å². The molecule has 0 atom stereocenters. The lowest BCUT2D eigenvalue weighted by atomic mass is 10.1. The highest BCUT2D eigenvalue weighted by molar-refractivity contribution is 6.00. The molecule has 0 N–H and O–H groups in total. The van der Waals surface area contributed by atoms with Gasteiger partial charge < -0.3 is 0 Å². The molecule has 0 bridgehead atoms. The molecule has 1 aromatic rings. The van der Waals surface area contributed by atoms with Crippen molar-refractivity contribution in [1.29, 1.82) is 0 Å². The lowest BCUT2D eigenvalue weighted by Gasteiger charge is -1.94. The van der Waals surface area contributed by atoms with Gasteiger partial charge >= 0.3 is 0 Å². The predicted molar refractivity (Wildman–Crippen MR) is 87.6 cm³/mol. The molecule has 0 spiro atoms. The Bertz CT molecular complexity index is 546. The van der Waals surface area contributed by atoms with Crippen molar-refractivity contribution in [3.05, 3.63) is 58.7 Å². The van der Waals surface area contributed by atoms with E-state index in [0.717, 1.165) is 36.7 Å². The Morgan fingerprint density at radius 2 is 1.86 bits per heavy atom. The first kappa shape index (κ1) is 17.1. The summed E-state index contributed by atoms with van der Waals surface area (Å²) in [6, 6.07) is 7.84. The number of aryl methyl sites for hydroxylation is 1. The predicted octanol–water partition coefficient (Wildman–Crippen LogP) is 4.69. The number of ketones is 1. The second kappa shape index (κ2) is 9.06. The maximum atomic E-state index is 11.1. The zero-order valence-corrected chi connectivity index (χ0v) is 13.2. The smallest absolute Gasteiger partial charge is 0.163 e. The molecule has 0 saturated heterocycles. The van der Waals surface area contributed by atoms with Crippen molar-refractivity contribution in [1.82, 2.24) is 0 Å². The zero-order chi connectivity index (χ0) is 15.7. The Morgan fingerprint density at radius 1 is 1.14 bits per heavy atom. The van der Waals surface area contributed by atoms with Gasteiger partial charge in [0, 0.05) is 12.0 Å². The largest absolute Gasteiger partial charge is 0.299 e. The normalized spacial score (nSPS) is 13.1. The van der Waals surface area contributed by atoms with Crippen LogP contribution < -0.4 is 0 Å². The molecule has 0 fully saturated rings. The number of benzene rings is 1. The van der Waals surface area contributed by atoms with E-state index in [2.05, 4.69) is 19.9 Å². The van der Waals surface area contributed by atoms with Gasteiger partial charge in [0.15, 0.2) is 5.78 Å². The van der Waals surface area contributed by atoms with E-state index in [1.165, 1.54) is 11.1 Å². The lowest BCUT2D eigenvalue weighted by molar-refractivity contribution is -0.104. The van der Waals surface area contributed by atoms with Crippen LogP contribution in [-0.2, 0) is 11.2 Å². The molecule has 0 saturated carbocycles. The number of Topliss-reactive ketones (excluding diaryl/α,β-unsaturated/α-hetero) is 1. The topological polar surface area (TPSA) is 34.1 Å². The maximum Gasteiger partial charge on any atom is 0.163 e. The number of carbonyl (C=O) groups excluding carboxylic acids is 2. The van der Waals surface area contributed by atoms with Crippen LogP contribution in [0.15, 0.2) is 47.6 Å². The summed E-state index contributed by atoms with van der Waals surface area (Å²) in [5.41, 5.74) is 4.64. The zero-order valence-electron chi connectivity index (χ0n) is 13.2. The van der Waals surface area contributed by atoms with Gasteiger partial charge in [0.1, 0.15) is 6.29 Å². The fourth-order valence-electron chi connectivity index (χ4n) is 2.18. The SMILES string of the molecule is CC(C)=CCCC(C)=CC=O.O=C1CCc2ccccc21. The lowest BCUT2D eigenvalue weighted by Crippen LogP contribution is -1.88. The summed E-state index contributed by atoms with van der Waals surface area (Å²) >= 11 is 0. The van der Waals surface area contributed by atoms with Crippen molar-refractivity contribution in [3.63, 3.8) is 0 Å². The average Bonchev–Trinajstić information content (AvgIpc) is 2.82. The maximum absolute atomic E-state index is 11.1. The molecule has 1 aliphatic carbocycles. The first-order valence-electron chi connectivity index (χ1n) is 7.40. The fraction of sp³-hybridized carbons (Fsp3) is 0.368. The van der Waals surface area contributed by atoms with Crippen LogP contribution in [0.4, 0.5) is 0 Å². The molecular formula is C19H24O2. The van der Waals surface area contributed by atoms with E-state index in [-0.39, 0.29) is 0 Å². The third kappa shape index (κ3) is 6.35. The summed E-state index contributed by atoms with van der Waals surface area (Å²) in [5, 5.41) is 0. The summed E-state index contributed by atoms with van der Waals surface area (Å²) in [6.45, 7) is 6.14. The van der Waals surface area contributed by atoms with Crippen LogP contribution in [0.5, 0.6) is 0 Å². The highest BCUT2D eigenvalue weighted by Crippen LogP contribution is 2.20. The Balaban J connectivity index is 0.000000210. The number of hydrogen-bond acceptors (Lipinski definition) is 2. The van der Waals surface area contributed by atoms with Gasteiger partial charge in [-0.15, -0.1) is 0 Å². The highest BCUT2D eigenvalue weighted by Gasteiger charge is 2.17. The van der Waals surface area contributed by atoms with Crippen molar-refractivity contribution in [2.75, 3.05) is 0 Å². The van der Waals surface area contributed by atoms with Gasteiger partial charge in [0.2, 0.25) is 0 Å². The third-order valence-electron chi connectivity index (χ3n) is 3.38. The second-order valence-electron chi connectivity index (χ2n) is 5.55. The molecule has 2 nitrogen and oxygen atoms in total. The molecule has 0 amide bonds. The summed E-state index contributed by atoms with van der Waals surface area (Å²) in [5.74, 6) is 0.301. The summed E-state index contributed by atoms with van der Waals surface area (Å²) in [7, 11) is 0. The van der Waals surface area contributed by atoms with Gasteiger partial charge in [-0.2, -0.15) is 0 Å². The molecule has 2 heteroatoms. The van der Waals surface area contributed by atoms with Crippen molar-refractivity contribution in [2.24, 2.45) is 0 Å². The molecule has 0 aliphatic heterocycles. The van der Waals surface area contributed by atoms with Gasteiger partial charge in [-0.05, 0) is 51.7 Å². The fourth-order valence-corrected chi connectivity index (χ4v) is 2.18. The molecule has 1 aromatic carbocycles. The van der Waals surface area contributed by atoms with Gasteiger partial charge in [-0.3, -0.25) is 9.59 Å². The molecular weight excluding hydrogens is 260 g/mol. The van der Waals surface area contributed by atoms with Crippen LogP contribution in [-0.4, -0.2) is 12.1 Å². The van der Waals surface area contributed by atoms with E-state index in [0.29, 0.717) is 12.2 Å². The number of rotatable bonds is 4. The Hall–Kier alpha value is -1.96. The van der Waals surface area contributed by atoms with Crippen LogP contribution in [0.25, 0.3) is 0 Å². The number of hydrogen-bond donors (Lipinski definition) is 0.